The number of rotatable bonds is 5. The van der Waals surface area contributed by atoms with E-state index in [1.54, 1.807) is 6.08 Å². The highest BCUT2D eigenvalue weighted by molar-refractivity contribution is 5.68. The van der Waals surface area contributed by atoms with Crippen molar-refractivity contribution in [2.45, 2.75) is 58.6 Å². The van der Waals surface area contributed by atoms with Crippen LogP contribution in [-0.2, 0) is 4.74 Å². The first-order valence-corrected chi connectivity index (χ1v) is 5.51. The van der Waals surface area contributed by atoms with E-state index < -0.39 is 5.60 Å². The molecule has 0 saturated heterocycles. The maximum absolute atomic E-state index is 11.4. The van der Waals surface area contributed by atoms with Crippen molar-refractivity contribution in [1.29, 1.82) is 0 Å². The number of unbranched alkanes of at least 4 members (excludes halogenated alkanes) is 1. The first kappa shape index (κ1) is 14.0. The molecule has 0 bridgehead atoms. The Morgan fingerprint density at radius 2 is 2.13 bits per heavy atom. The third-order valence-corrected chi connectivity index (χ3v) is 1.86. The average molecular weight is 213 g/mol. The van der Waals surface area contributed by atoms with E-state index in [0.717, 1.165) is 19.3 Å². The Balaban J connectivity index is 3.96. The van der Waals surface area contributed by atoms with Gasteiger partial charge in [0.15, 0.2) is 0 Å². The van der Waals surface area contributed by atoms with Crippen molar-refractivity contribution in [3.05, 3.63) is 12.7 Å². The molecule has 0 spiro atoms. The normalized spacial score (nSPS) is 13.1. The van der Waals surface area contributed by atoms with E-state index in [0.29, 0.717) is 0 Å². The monoisotopic (exact) mass is 213 g/mol. The first-order chi connectivity index (χ1) is 6.89. The van der Waals surface area contributed by atoms with Crippen LogP contribution < -0.4 is 5.32 Å². The Bertz CT molecular complexity index is 206. The van der Waals surface area contributed by atoms with Crippen LogP contribution in [0.2, 0.25) is 0 Å². The van der Waals surface area contributed by atoms with Crippen LogP contribution in [0.5, 0.6) is 0 Å². The standard InChI is InChI=1S/C12H23NO2/c1-6-8-9-10(7-2)13-11(14)15-12(3,4)5/h7,10H,2,6,8-9H2,1,3-5H3,(H,13,14)/t10-/m1/s1. The Labute approximate surface area is 92.9 Å². The van der Waals surface area contributed by atoms with Crippen LogP contribution in [0.4, 0.5) is 4.79 Å². The molecule has 0 radical (unpaired) electrons. The summed E-state index contributed by atoms with van der Waals surface area (Å²) in [5.41, 5.74) is -0.444. The van der Waals surface area contributed by atoms with Gasteiger partial charge in [0, 0.05) is 0 Å². The molecule has 0 aromatic carbocycles. The SMILES string of the molecule is C=C[C@H](CCCC)NC(=O)OC(C)(C)C. The molecule has 1 N–H and O–H groups in total. The minimum atomic E-state index is -0.444. The molecule has 0 aromatic rings. The van der Waals surface area contributed by atoms with Crippen molar-refractivity contribution in [2.75, 3.05) is 0 Å². The van der Waals surface area contributed by atoms with Gasteiger partial charge in [-0.05, 0) is 27.2 Å². The fraction of sp³-hybridized carbons (Fsp3) is 0.750. The lowest BCUT2D eigenvalue weighted by atomic mass is 10.1. The molecule has 0 aliphatic heterocycles. The summed E-state index contributed by atoms with van der Waals surface area (Å²) in [5, 5.41) is 2.78. The van der Waals surface area contributed by atoms with Gasteiger partial charge >= 0.3 is 6.09 Å². The van der Waals surface area contributed by atoms with E-state index in [1.165, 1.54) is 0 Å². The van der Waals surface area contributed by atoms with E-state index in [4.69, 9.17) is 4.74 Å². The molecule has 0 aliphatic rings. The highest BCUT2D eigenvalue weighted by Gasteiger charge is 2.17. The quantitative estimate of drug-likeness (QED) is 0.712. The van der Waals surface area contributed by atoms with Crippen LogP contribution in [0.1, 0.15) is 47.0 Å². The molecule has 15 heavy (non-hydrogen) atoms. The topological polar surface area (TPSA) is 38.3 Å². The number of ether oxygens (including phenoxy) is 1. The summed E-state index contributed by atoms with van der Waals surface area (Å²) in [6.07, 6.45) is 4.48. The van der Waals surface area contributed by atoms with Gasteiger partial charge in [0.2, 0.25) is 0 Å². The molecule has 3 nitrogen and oxygen atoms in total. The van der Waals surface area contributed by atoms with Gasteiger partial charge < -0.3 is 10.1 Å². The summed E-state index contributed by atoms with van der Waals surface area (Å²) in [6.45, 7) is 11.4. The van der Waals surface area contributed by atoms with Gasteiger partial charge in [-0.3, -0.25) is 0 Å². The number of hydrogen-bond donors (Lipinski definition) is 1. The molecule has 0 aliphatic carbocycles. The second-order valence-electron chi connectivity index (χ2n) is 4.63. The van der Waals surface area contributed by atoms with Gasteiger partial charge in [-0.25, -0.2) is 4.79 Å². The van der Waals surface area contributed by atoms with Gasteiger partial charge in [-0.2, -0.15) is 0 Å². The largest absolute Gasteiger partial charge is 0.444 e. The molecule has 0 rings (SSSR count). The minimum absolute atomic E-state index is 0.0137. The molecule has 0 aromatic heterocycles. The molecule has 0 saturated carbocycles. The van der Waals surface area contributed by atoms with Crippen molar-refractivity contribution in [3.63, 3.8) is 0 Å². The number of amides is 1. The second-order valence-corrected chi connectivity index (χ2v) is 4.63. The fourth-order valence-electron chi connectivity index (χ4n) is 1.13. The second kappa shape index (κ2) is 6.49. The maximum Gasteiger partial charge on any atom is 0.408 e. The zero-order chi connectivity index (χ0) is 11.9. The van der Waals surface area contributed by atoms with E-state index in [-0.39, 0.29) is 12.1 Å². The highest BCUT2D eigenvalue weighted by Crippen LogP contribution is 2.08. The van der Waals surface area contributed by atoms with Crippen molar-refractivity contribution in [3.8, 4) is 0 Å². The maximum atomic E-state index is 11.4. The van der Waals surface area contributed by atoms with E-state index >= 15 is 0 Å². The Hall–Kier alpha value is -0.990. The molecule has 3 heteroatoms. The van der Waals surface area contributed by atoms with Crippen LogP contribution in [0.15, 0.2) is 12.7 Å². The van der Waals surface area contributed by atoms with Gasteiger partial charge in [0.25, 0.3) is 0 Å². The molecular weight excluding hydrogens is 190 g/mol. The number of alkyl carbamates (subject to hydrolysis) is 1. The lowest BCUT2D eigenvalue weighted by Crippen LogP contribution is -2.38. The van der Waals surface area contributed by atoms with Gasteiger partial charge in [0.05, 0.1) is 6.04 Å². The van der Waals surface area contributed by atoms with Crippen LogP contribution >= 0.6 is 0 Å². The predicted molar refractivity (Wildman–Crippen MR) is 62.9 cm³/mol. The van der Waals surface area contributed by atoms with E-state index in [2.05, 4.69) is 18.8 Å². The van der Waals surface area contributed by atoms with Crippen LogP contribution in [0.25, 0.3) is 0 Å². The lowest BCUT2D eigenvalue weighted by Gasteiger charge is -2.22. The molecule has 0 heterocycles. The third kappa shape index (κ3) is 8.03. The van der Waals surface area contributed by atoms with Crippen molar-refractivity contribution in [1.82, 2.24) is 5.32 Å². The van der Waals surface area contributed by atoms with E-state index in [1.807, 2.05) is 20.8 Å². The summed E-state index contributed by atoms with van der Waals surface area (Å²) in [6, 6.07) is 0.0137. The predicted octanol–water partition coefficient (Wildman–Crippen LogP) is 3.26. The summed E-state index contributed by atoms with van der Waals surface area (Å²) in [5.74, 6) is 0. The zero-order valence-electron chi connectivity index (χ0n) is 10.3. The van der Waals surface area contributed by atoms with E-state index in [9.17, 15) is 4.79 Å². The summed E-state index contributed by atoms with van der Waals surface area (Å²) in [4.78, 5) is 11.4. The van der Waals surface area contributed by atoms with Crippen molar-refractivity contribution >= 4 is 6.09 Å². The molecule has 0 unspecified atom stereocenters. The Morgan fingerprint density at radius 3 is 2.53 bits per heavy atom. The molecular formula is C12H23NO2. The minimum Gasteiger partial charge on any atom is -0.444 e. The smallest absolute Gasteiger partial charge is 0.408 e. The molecule has 0 fully saturated rings. The zero-order valence-corrected chi connectivity index (χ0v) is 10.3. The third-order valence-electron chi connectivity index (χ3n) is 1.86. The van der Waals surface area contributed by atoms with Crippen molar-refractivity contribution in [2.24, 2.45) is 0 Å². The summed E-state index contributed by atoms with van der Waals surface area (Å²) < 4.78 is 5.15. The summed E-state index contributed by atoms with van der Waals surface area (Å²) >= 11 is 0. The Morgan fingerprint density at radius 1 is 1.53 bits per heavy atom. The number of carbonyl (C=O) groups excluding carboxylic acids is 1. The molecule has 1 amide bonds. The molecule has 1 atom stereocenters. The van der Waals surface area contributed by atoms with Gasteiger partial charge in [-0.15, -0.1) is 6.58 Å². The number of nitrogens with one attached hydrogen (secondary N) is 1. The number of hydrogen-bond acceptors (Lipinski definition) is 2. The van der Waals surface area contributed by atoms with Crippen LogP contribution in [0, 0.1) is 0 Å². The summed E-state index contributed by atoms with van der Waals surface area (Å²) in [7, 11) is 0. The lowest BCUT2D eigenvalue weighted by molar-refractivity contribution is 0.0512. The first-order valence-electron chi connectivity index (χ1n) is 5.51. The number of carbonyl (C=O) groups is 1. The van der Waals surface area contributed by atoms with Crippen molar-refractivity contribution < 1.29 is 9.53 Å². The highest BCUT2D eigenvalue weighted by atomic mass is 16.6. The van der Waals surface area contributed by atoms with Crippen LogP contribution in [-0.4, -0.2) is 17.7 Å². The Kier molecular flexibility index (Phi) is 6.06. The van der Waals surface area contributed by atoms with Gasteiger partial charge in [-0.1, -0.05) is 25.8 Å². The van der Waals surface area contributed by atoms with Gasteiger partial charge in [0.1, 0.15) is 5.60 Å². The fourth-order valence-corrected chi connectivity index (χ4v) is 1.13. The molecule has 88 valence electrons. The average Bonchev–Trinajstić information content (AvgIpc) is 2.09. The van der Waals surface area contributed by atoms with Crippen LogP contribution in [0.3, 0.4) is 0 Å².